The van der Waals surface area contributed by atoms with Gasteiger partial charge in [-0.3, -0.25) is 4.79 Å². The van der Waals surface area contributed by atoms with Crippen molar-refractivity contribution in [1.29, 1.82) is 0 Å². The van der Waals surface area contributed by atoms with Gasteiger partial charge in [-0.05, 0) is 24.7 Å². The van der Waals surface area contributed by atoms with Gasteiger partial charge in [-0.1, -0.05) is 33.1 Å². The molecule has 1 aliphatic carbocycles. The Bertz CT molecular complexity index is 202. The first kappa shape index (κ1) is 12.5. The van der Waals surface area contributed by atoms with E-state index in [0.29, 0.717) is 0 Å². The lowest BCUT2D eigenvalue weighted by atomic mass is 9.99. The lowest BCUT2D eigenvalue weighted by Gasteiger charge is -2.17. The first-order valence-corrected chi connectivity index (χ1v) is 6.18. The van der Waals surface area contributed by atoms with E-state index in [4.69, 9.17) is 5.73 Å². The largest absolute Gasteiger partial charge is 0.355 e. The molecule has 15 heavy (non-hydrogen) atoms. The molecule has 2 atom stereocenters. The van der Waals surface area contributed by atoms with Crippen LogP contribution >= 0.6 is 0 Å². The van der Waals surface area contributed by atoms with Crippen molar-refractivity contribution in [2.24, 2.45) is 17.6 Å². The van der Waals surface area contributed by atoms with Gasteiger partial charge in [0.05, 0.1) is 6.04 Å². The normalized spacial score (nSPS) is 19.7. The van der Waals surface area contributed by atoms with Crippen LogP contribution in [0.5, 0.6) is 0 Å². The van der Waals surface area contributed by atoms with Gasteiger partial charge in [0, 0.05) is 6.54 Å². The molecule has 0 radical (unpaired) electrons. The molecule has 1 unspecified atom stereocenters. The molecule has 0 spiro atoms. The van der Waals surface area contributed by atoms with Crippen molar-refractivity contribution in [1.82, 2.24) is 5.32 Å². The number of hydrogen-bond acceptors (Lipinski definition) is 2. The van der Waals surface area contributed by atoms with Crippen LogP contribution in [0.25, 0.3) is 0 Å². The third kappa shape index (κ3) is 4.65. The number of amides is 1. The molecule has 0 aromatic carbocycles. The highest BCUT2D eigenvalue weighted by molar-refractivity contribution is 5.81. The van der Waals surface area contributed by atoms with Gasteiger partial charge in [-0.2, -0.15) is 0 Å². The summed E-state index contributed by atoms with van der Waals surface area (Å²) in [5.74, 6) is 1.23. The molecule has 3 N–H and O–H groups in total. The van der Waals surface area contributed by atoms with E-state index in [2.05, 4.69) is 12.2 Å². The number of carbonyl (C=O) groups is 1. The Hall–Kier alpha value is -0.570. The van der Waals surface area contributed by atoms with Crippen LogP contribution < -0.4 is 11.1 Å². The fourth-order valence-electron chi connectivity index (χ4n) is 1.64. The zero-order valence-electron chi connectivity index (χ0n) is 9.96. The Morgan fingerprint density at radius 3 is 2.73 bits per heavy atom. The summed E-state index contributed by atoms with van der Waals surface area (Å²) in [7, 11) is 0. The van der Waals surface area contributed by atoms with Crippen LogP contribution in [-0.4, -0.2) is 18.5 Å². The predicted molar refractivity (Wildman–Crippen MR) is 62.4 cm³/mol. The fourth-order valence-corrected chi connectivity index (χ4v) is 1.64. The average Bonchev–Trinajstić information content (AvgIpc) is 3.05. The summed E-state index contributed by atoms with van der Waals surface area (Å²) in [5, 5.41) is 2.92. The second-order valence-corrected chi connectivity index (χ2v) is 4.79. The van der Waals surface area contributed by atoms with Crippen molar-refractivity contribution in [3.63, 3.8) is 0 Å². The van der Waals surface area contributed by atoms with E-state index in [1.807, 2.05) is 6.92 Å². The van der Waals surface area contributed by atoms with E-state index in [9.17, 15) is 4.79 Å². The maximum atomic E-state index is 11.6. The van der Waals surface area contributed by atoms with Gasteiger partial charge in [-0.25, -0.2) is 0 Å². The van der Waals surface area contributed by atoms with Gasteiger partial charge in [0.2, 0.25) is 5.91 Å². The van der Waals surface area contributed by atoms with Crippen LogP contribution in [0.1, 0.15) is 46.0 Å². The van der Waals surface area contributed by atoms with Crippen LogP contribution in [0.15, 0.2) is 0 Å². The minimum Gasteiger partial charge on any atom is -0.355 e. The molecule has 0 aromatic rings. The predicted octanol–water partition coefficient (Wildman–Crippen LogP) is 1.67. The molecule has 0 saturated heterocycles. The van der Waals surface area contributed by atoms with Crippen LogP contribution in [-0.2, 0) is 4.79 Å². The summed E-state index contributed by atoms with van der Waals surface area (Å²) in [4.78, 5) is 11.6. The van der Waals surface area contributed by atoms with E-state index < -0.39 is 0 Å². The quantitative estimate of drug-likeness (QED) is 0.631. The topological polar surface area (TPSA) is 55.1 Å². The zero-order valence-corrected chi connectivity index (χ0v) is 9.96. The molecular formula is C12H24N2O. The smallest absolute Gasteiger partial charge is 0.237 e. The second-order valence-electron chi connectivity index (χ2n) is 4.79. The van der Waals surface area contributed by atoms with Crippen molar-refractivity contribution in [3.05, 3.63) is 0 Å². The van der Waals surface area contributed by atoms with E-state index in [-0.39, 0.29) is 17.9 Å². The zero-order chi connectivity index (χ0) is 11.3. The Balaban J connectivity index is 2.05. The molecule has 1 aliphatic rings. The molecule has 3 nitrogen and oxygen atoms in total. The first-order valence-electron chi connectivity index (χ1n) is 6.18. The standard InChI is InChI=1S/C12H24N2O/c1-3-9(2)11(13)12(15)14-8-4-5-10-6-7-10/h9-11H,3-8,13H2,1-2H3,(H,14,15)/t9?,11-/m0/s1. The number of carbonyl (C=O) groups excluding carboxylic acids is 1. The summed E-state index contributed by atoms with van der Waals surface area (Å²) >= 11 is 0. The molecular weight excluding hydrogens is 188 g/mol. The van der Waals surface area contributed by atoms with E-state index in [1.54, 1.807) is 0 Å². The maximum Gasteiger partial charge on any atom is 0.237 e. The molecule has 0 aliphatic heterocycles. The highest BCUT2D eigenvalue weighted by Gasteiger charge is 2.21. The molecule has 1 saturated carbocycles. The Morgan fingerprint density at radius 1 is 1.53 bits per heavy atom. The minimum atomic E-state index is -0.337. The molecule has 0 heterocycles. The third-order valence-electron chi connectivity index (χ3n) is 3.35. The Kier molecular flexibility index (Phi) is 5.09. The van der Waals surface area contributed by atoms with Crippen LogP contribution in [0.2, 0.25) is 0 Å². The van der Waals surface area contributed by atoms with Gasteiger partial charge in [-0.15, -0.1) is 0 Å². The molecule has 0 aromatic heterocycles. The van der Waals surface area contributed by atoms with Gasteiger partial charge >= 0.3 is 0 Å². The van der Waals surface area contributed by atoms with Gasteiger partial charge < -0.3 is 11.1 Å². The number of nitrogens with two attached hydrogens (primary N) is 1. The number of nitrogens with one attached hydrogen (secondary N) is 1. The molecule has 1 rings (SSSR count). The van der Waals surface area contributed by atoms with Gasteiger partial charge in [0.1, 0.15) is 0 Å². The summed E-state index contributed by atoms with van der Waals surface area (Å²) in [6.45, 7) is 4.87. The Labute approximate surface area is 92.8 Å². The average molecular weight is 212 g/mol. The number of rotatable bonds is 7. The molecule has 3 heteroatoms. The first-order chi connectivity index (χ1) is 7.15. The van der Waals surface area contributed by atoms with Crippen LogP contribution in [0, 0.1) is 11.8 Å². The third-order valence-corrected chi connectivity index (χ3v) is 3.35. The SMILES string of the molecule is CCC(C)[C@H](N)C(=O)NCCCC1CC1. The number of hydrogen-bond donors (Lipinski definition) is 2. The Morgan fingerprint density at radius 2 is 2.20 bits per heavy atom. The van der Waals surface area contributed by atoms with Crippen molar-refractivity contribution in [2.45, 2.75) is 52.0 Å². The lowest BCUT2D eigenvalue weighted by molar-refractivity contribution is -0.123. The van der Waals surface area contributed by atoms with E-state index >= 15 is 0 Å². The van der Waals surface area contributed by atoms with Crippen molar-refractivity contribution in [2.75, 3.05) is 6.54 Å². The summed E-state index contributed by atoms with van der Waals surface area (Å²) in [6, 6.07) is -0.337. The lowest BCUT2D eigenvalue weighted by Crippen LogP contribution is -2.44. The molecule has 1 fully saturated rings. The van der Waals surface area contributed by atoms with Crippen LogP contribution in [0.3, 0.4) is 0 Å². The van der Waals surface area contributed by atoms with E-state index in [1.165, 1.54) is 19.3 Å². The summed E-state index contributed by atoms with van der Waals surface area (Å²) < 4.78 is 0. The minimum absolute atomic E-state index is 0.0140. The van der Waals surface area contributed by atoms with E-state index in [0.717, 1.165) is 25.3 Å². The van der Waals surface area contributed by atoms with Crippen LogP contribution in [0.4, 0.5) is 0 Å². The van der Waals surface area contributed by atoms with Crippen molar-refractivity contribution < 1.29 is 4.79 Å². The monoisotopic (exact) mass is 212 g/mol. The summed E-state index contributed by atoms with van der Waals surface area (Å²) in [5.41, 5.74) is 5.81. The fraction of sp³-hybridized carbons (Fsp3) is 0.917. The molecule has 0 bridgehead atoms. The highest BCUT2D eigenvalue weighted by atomic mass is 16.2. The highest BCUT2D eigenvalue weighted by Crippen LogP contribution is 2.33. The van der Waals surface area contributed by atoms with Gasteiger partial charge in [0.15, 0.2) is 0 Å². The van der Waals surface area contributed by atoms with Crippen molar-refractivity contribution >= 4 is 5.91 Å². The summed E-state index contributed by atoms with van der Waals surface area (Å²) in [6.07, 6.45) is 6.10. The van der Waals surface area contributed by atoms with Crippen molar-refractivity contribution in [3.8, 4) is 0 Å². The molecule has 88 valence electrons. The second kappa shape index (κ2) is 6.11. The van der Waals surface area contributed by atoms with Gasteiger partial charge in [0.25, 0.3) is 0 Å². The maximum absolute atomic E-state index is 11.6. The molecule has 1 amide bonds.